The minimum Gasteiger partial charge on any atom is -0.497 e. The Morgan fingerprint density at radius 3 is 2.41 bits per heavy atom. The minimum absolute atomic E-state index is 0.201. The highest BCUT2D eigenvalue weighted by molar-refractivity contribution is 7.07. The van der Waals surface area contributed by atoms with Gasteiger partial charge >= 0.3 is 0 Å². The standard InChI is InChI=1S/C27H23NO5S/c1-31-21-11-9-20(10-12-21)22(29)16-26-28-27(30)25(34-26)15-19-8-13-23(24(14-19)32-2)33-17-18-6-4-3-5-7-18/h3-16H,17H2,1-2H3,(H,28,30)/b25-15+,26-16+. The van der Waals surface area contributed by atoms with Gasteiger partial charge in [-0.1, -0.05) is 36.4 Å². The van der Waals surface area contributed by atoms with Crippen LogP contribution in [0.15, 0.2) is 77.6 Å². The molecule has 0 unspecified atom stereocenters. The van der Waals surface area contributed by atoms with Crippen LogP contribution in [0.25, 0.3) is 12.2 Å². The number of benzene rings is 3. The summed E-state index contributed by atoms with van der Waals surface area (Å²) in [5, 5.41) is 0. The number of carbonyl (C=O) groups excluding carboxylic acids is 1. The smallest absolute Gasteiger partial charge is 0.266 e. The number of ketones is 1. The van der Waals surface area contributed by atoms with Crippen molar-refractivity contribution in [2.45, 2.75) is 6.61 Å². The average molecular weight is 474 g/mol. The number of methoxy groups -OCH3 is 2. The Morgan fingerprint density at radius 1 is 0.941 bits per heavy atom. The van der Waals surface area contributed by atoms with E-state index < -0.39 is 0 Å². The van der Waals surface area contributed by atoms with E-state index in [0.29, 0.717) is 38.6 Å². The molecule has 1 N–H and O–H groups in total. The van der Waals surface area contributed by atoms with Gasteiger partial charge < -0.3 is 19.2 Å². The molecule has 0 aliphatic carbocycles. The molecule has 3 aromatic carbocycles. The Kier molecular flexibility index (Phi) is 7.25. The summed E-state index contributed by atoms with van der Waals surface area (Å²) >= 11 is 1.21. The van der Waals surface area contributed by atoms with Gasteiger partial charge in [0.05, 0.1) is 23.4 Å². The maximum Gasteiger partial charge on any atom is 0.266 e. The third-order valence-corrected chi connectivity index (χ3v) is 6.00. The second kappa shape index (κ2) is 10.7. The molecule has 1 heterocycles. The van der Waals surface area contributed by atoms with Crippen LogP contribution in [0, 0.1) is 0 Å². The van der Waals surface area contributed by atoms with Crippen molar-refractivity contribution in [3.05, 3.63) is 109 Å². The molecule has 0 aliphatic heterocycles. The summed E-state index contributed by atoms with van der Waals surface area (Å²) in [7, 11) is 3.14. The molecule has 0 saturated heterocycles. The van der Waals surface area contributed by atoms with E-state index >= 15 is 0 Å². The molecule has 0 bridgehead atoms. The van der Waals surface area contributed by atoms with Crippen molar-refractivity contribution in [1.82, 2.24) is 4.98 Å². The summed E-state index contributed by atoms with van der Waals surface area (Å²) in [5.74, 6) is 1.65. The third-order valence-electron chi connectivity index (χ3n) is 5.04. The predicted molar refractivity (Wildman–Crippen MR) is 133 cm³/mol. The van der Waals surface area contributed by atoms with Crippen LogP contribution in [-0.4, -0.2) is 25.0 Å². The molecule has 4 aromatic rings. The van der Waals surface area contributed by atoms with Crippen molar-refractivity contribution >= 4 is 29.3 Å². The molecule has 4 rings (SSSR count). The molecule has 0 saturated carbocycles. The summed E-state index contributed by atoms with van der Waals surface area (Å²) in [6.07, 6.45) is 3.18. The summed E-state index contributed by atoms with van der Waals surface area (Å²) in [4.78, 5) is 27.7. The maximum absolute atomic E-state index is 12.5. The number of ether oxygens (including phenoxy) is 3. The zero-order valence-corrected chi connectivity index (χ0v) is 19.6. The number of rotatable bonds is 8. The SMILES string of the molecule is COc1ccc(C(=O)/C=c2\[nH]c(=O)/c(=C\c3ccc(OCc4ccccc4)c(OC)c3)s2)cc1. The van der Waals surface area contributed by atoms with Crippen molar-refractivity contribution < 1.29 is 19.0 Å². The second-order valence-electron chi connectivity index (χ2n) is 7.35. The Labute approximate surface area is 200 Å². The summed E-state index contributed by atoms with van der Waals surface area (Å²) in [6, 6.07) is 22.2. The molecular weight excluding hydrogens is 450 g/mol. The maximum atomic E-state index is 12.5. The van der Waals surface area contributed by atoms with Crippen LogP contribution in [0.5, 0.6) is 17.2 Å². The highest BCUT2D eigenvalue weighted by Gasteiger charge is 2.07. The van der Waals surface area contributed by atoms with E-state index in [9.17, 15) is 9.59 Å². The first-order valence-electron chi connectivity index (χ1n) is 10.5. The predicted octanol–water partition coefficient (Wildman–Crippen LogP) is 3.52. The third kappa shape index (κ3) is 5.63. The lowest BCUT2D eigenvalue weighted by molar-refractivity contribution is 0.106. The molecular formula is C27H23NO5S. The van der Waals surface area contributed by atoms with Gasteiger partial charge in [-0.15, -0.1) is 11.3 Å². The fourth-order valence-electron chi connectivity index (χ4n) is 3.26. The largest absolute Gasteiger partial charge is 0.497 e. The van der Waals surface area contributed by atoms with Crippen molar-refractivity contribution in [3.8, 4) is 17.2 Å². The van der Waals surface area contributed by atoms with Gasteiger partial charge in [0.25, 0.3) is 5.56 Å². The highest BCUT2D eigenvalue weighted by Crippen LogP contribution is 2.29. The second-order valence-corrected chi connectivity index (χ2v) is 8.43. The van der Waals surface area contributed by atoms with Gasteiger partial charge in [-0.25, -0.2) is 0 Å². The highest BCUT2D eigenvalue weighted by atomic mass is 32.1. The molecule has 0 spiro atoms. The molecule has 0 aliphatic rings. The van der Waals surface area contributed by atoms with Crippen LogP contribution in [0.4, 0.5) is 0 Å². The summed E-state index contributed by atoms with van der Waals surface area (Å²) in [5.41, 5.74) is 2.08. The first-order valence-corrected chi connectivity index (χ1v) is 11.3. The molecule has 6 nitrogen and oxygen atoms in total. The van der Waals surface area contributed by atoms with Crippen molar-refractivity contribution in [2.75, 3.05) is 14.2 Å². The summed E-state index contributed by atoms with van der Waals surface area (Å²) in [6.45, 7) is 0.423. The van der Waals surface area contributed by atoms with Gasteiger partial charge in [0.15, 0.2) is 17.3 Å². The van der Waals surface area contributed by atoms with Crippen LogP contribution in [0.1, 0.15) is 21.5 Å². The lowest BCUT2D eigenvalue weighted by atomic mass is 10.1. The number of aromatic nitrogens is 1. The van der Waals surface area contributed by atoms with Crippen LogP contribution in [-0.2, 0) is 6.61 Å². The van der Waals surface area contributed by atoms with Gasteiger partial charge in [0.1, 0.15) is 12.4 Å². The first kappa shape index (κ1) is 23.1. The van der Waals surface area contributed by atoms with E-state index in [1.165, 1.54) is 17.4 Å². The van der Waals surface area contributed by atoms with Gasteiger partial charge in [0.2, 0.25) is 0 Å². The van der Waals surface area contributed by atoms with Gasteiger partial charge in [-0.2, -0.15) is 0 Å². The van der Waals surface area contributed by atoms with Crippen molar-refractivity contribution in [3.63, 3.8) is 0 Å². The topological polar surface area (TPSA) is 77.6 Å². The van der Waals surface area contributed by atoms with Gasteiger partial charge in [0, 0.05) is 11.6 Å². The van der Waals surface area contributed by atoms with Gasteiger partial charge in [-0.3, -0.25) is 9.59 Å². The van der Waals surface area contributed by atoms with E-state index in [0.717, 1.165) is 11.1 Å². The number of carbonyl (C=O) groups is 1. The van der Waals surface area contributed by atoms with Crippen molar-refractivity contribution in [1.29, 1.82) is 0 Å². The van der Waals surface area contributed by atoms with E-state index in [1.54, 1.807) is 44.6 Å². The van der Waals surface area contributed by atoms with Gasteiger partial charge in [-0.05, 0) is 53.6 Å². The normalized spacial score (nSPS) is 11.9. The van der Waals surface area contributed by atoms with E-state index in [1.807, 2.05) is 48.5 Å². The molecule has 7 heteroatoms. The molecule has 0 fully saturated rings. The number of aromatic amines is 1. The lowest BCUT2D eigenvalue weighted by Gasteiger charge is -2.11. The Bertz CT molecular complexity index is 1450. The Hall–Kier alpha value is -4.10. The zero-order chi connectivity index (χ0) is 23.9. The van der Waals surface area contributed by atoms with Crippen LogP contribution >= 0.6 is 11.3 Å². The lowest BCUT2D eigenvalue weighted by Crippen LogP contribution is -2.20. The van der Waals surface area contributed by atoms with Crippen molar-refractivity contribution in [2.24, 2.45) is 0 Å². The number of hydrogen-bond donors (Lipinski definition) is 1. The Morgan fingerprint density at radius 2 is 1.71 bits per heavy atom. The van der Waals surface area contributed by atoms with E-state index in [2.05, 4.69) is 4.98 Å². The van der Waals surface area contributed by atoms with Crippen LogP contribution in [0.3, 0.4) is 0 Å². The summed E-state index contributed by atoms with van der Waals surface area (Å²) < 4.78 is 17.4. The molecule has 0 amide bonds. The number of thiazole rings is 1. The zero-order valence-electron chi connectivity index (χ0n) is 18.7. The number of hydrogen-bond acceptors (Lipinski definition) is 6. The van der Waals surface area contributed by atoms with E-state index in [4.69, 9.17) is 14.2 Å². The molecule has 0 radical (unpaired) electrons. The molecule has 1 aromatic heterocycles. The van der Waals surface area contributed by atoms with Crippen LogP contribution in [0.2, 0.25) is 0 Å². The number of nitrogens with one attached hydrogen (secondary N) is 1. The minimum atomic E-state index is -0.262. The van der Waals surface area contributed by atoms with E-state index in [-0.39, 0.29) is 11.3 Å². The average Bonchev–Trinajstić information content (AvgIpc) is 3.21. The fourth-order valence-corrected chi connectivity index (χ4v) is 4.15. The van der Waals surface area contributed by atoms with Crippen LogP contribution < -0.4 is 29.0 Å². The molecule has 172 valence electrons. The number of Topliss-reactive ketones (excluding diaryl/α,β-unsaturated/α-hetero) is 1. The quantitative estimate of drug-likeness (QED) is 0.396. The molecule has 34 heavy (non-hydrogen) atoms. The molecule has 0 atom stereocenters. The fraction of sp³-hybridized carbons (Fsp3) is 0.111. The monoisotopic (exact) mass is 473 g/mol. The number of H-pyrrole nitrogens is 1. The Balaban J connectivity index is 1.56. The first-order chi connectivity index (χ1) is 16.6.